The van der Waals surface area contributed by atoms with Gasteiger partial charge in [-0.05, 0) is 40.2 Å². The number of nitrogens with one attached hydrogen (secondary N) is 1. The van der Waals surface area contributed by atoms with E-state index in [0.29, 0.717) is 0 Å². The van der Waals surface area contributed by atoms with Gasteiger partial charge in [0.15, 0.2) is 0 Å². The minimum Gasteiger partial charge on any atom is -0.323 e. The number of halogens is 2. The number of benzene rings is 2. The first-order chi connectivity index (χ1) is 10.1. The first-order valence-corrected chi connectivity index (χ1v) is 7.96. The third-order valence-electron chi connectivity index (χ3n) is 3.52. The SMILES string of the molecule is O=C1Cn2c(nc3ccccc32)-c2cc(Br)cc(Br)c2N1. The van der Waals surface area contributed by atoms with E-state index in [1.54, 1.807) is 0 Å². The molecule has 0 atom stereocenters. The monoisotopic (exact) mass is 405 g/mol. The van der Waals surface area contributed by atoms with Crippen LogP contribution in [0.25, 0.3) is 22.4 Å². The second-order valence-electron chi connectivity index (χ2n) is 4.87. The Morgan fingerprint density at radius 3 is 2.86 bits per heavy atom. The van der Waals surface area contributed by atoms with Crippen molar-refractivity contribution < 1.29 is 4.79 Å². The molecular formula is C15H9Br2N3O. The zero-order chi connectivity index (χ0) is 14.6. The van der Waals surface area contributed by atoms with Crippen LogP contribution < -0.4 is 5.32 Å². The number of carbonyl (C=O) groups excluding carboxylic acids is 1. The van der Waals surface area contributed by atoms with Crippen LogP contribution in [0.1, 0.15) is 0 Å². The van der Waals surface area contributed by atoms with Crippen molar-refractivity contribution in [2.24, 2.45) is 0 Å². The maximum Gasteiger partial charge on any atom is 0.244 e. The van der Waals surface area contributed by atoms with Crippen LogP contribution in [0, 0.1) is 0 Å². The van der Waals surface area contributed by atoms with Gasteiger partial charge >= 0.3 is 0 Å². The smallest absolute Gasteiger partial charge is 0.244 e. The molecule has 3 aromatic rings. The number of carbonyl (C=O) groups is 1. The average Bonchev–Trinajstić information content (AvgIpc) is 2.73. The van der Waals surface area contributed by atoms with Crippen LogP contribution in [0.2, 0.25) is 0 Å². The number of fused-ring (bicyclic) bond motifs is 5. The van der Waals surface area contributed by atoms with Crippen molar-refractivity contribution in [3.05, 3.63) is 45.3 Å². The second kappa shape index (κ2) is 4.68. The highest BCUT2D eigenvalue weighted by Crippen LogP contribution is 2.39. The van der Waals surface area contributed by atoms with Crippen LogP contribution in [0.5, 0.6) is 0 Å². The van der Waals surface area contributed by atoms with Gasteiger partial charge in [-0.15, -0.1) is 0 Å². The van der Waals surface area contributed by atoms with Crippen LogP contribution >= 0.6 is 31.9 Å². The number of hydrogen-bond acceptors (Lipinski definition) is 2. The predicted octanol–water partition coefficient (Wildman–Crippen LogP) is 4.18. The summed E-state index contributed by atoms with van der Waals surface area (Å²) in [6.45, 7) is 0.259. The first-order valence-electron chi connectivity index (χ1n) is 6.38. The summed E-state index contributed by atoms with van der Waals surface area (Å²) in [6.07, 6.45) is 0. The Labute approximate surface area is 137 Å². The quantitative estimate of drug-likeness (QED) is 0.608. The second-order valence-corrected chi connectivity index (χ2v) is 6.64. The number of rotatable bonds is 0. The van der Waals surface area contributed by atoms with Crippen LogP contribution in [-0.2, 0) is 11.3 Å². The number of aromatic nitrogens is 2. The molecule has 2 heterocycles. The third-order valence-corrected chi connectivity index (χ3v) is 4.60. The maximum absolute atomic E-state index is 12.2. The lowest BCUT2D eigenvalue weighted by Crippen LogP contribution is -2.16. The van der Waals surface area contributed by atoms with Gasteiger partial charge in [-0.2, -0.15) is 0 Å². The largest absolute Gasteiger partial charge is 0.323 e. The summed E-state index contributed by atoms with van der Waals surface area (Å²) in [5, 5.41) is 2.95. The molecule has 2 aromatic carbocycles. The van der Waals surface area contributed by atoms with Crippen LogP contribution in [-0.4, -0.2) is 15.5 Å². The van der Waals surface area contributed by atoms with E-state index >= 15 is 0 Å². The van der Waals surface area contributed by atoms with E-state index in [-0.39, 0.29) is 12.5 Å². The van der Waals surface area contributed by atoms with E-state index in [1.807, 2.05) is 41.0 Å². The number of hydrogen-bond donors (Lipinski definition) is 1. The van der Waals surface area contributed by atoms with E-state index < -0.39 is 0 Å². The molecule has 4 rings (SSSR count). The van der Waals surface area contributed by atoms with Gasteiger partial charge in [0.2, 0.25) is 5.91 Å². The van der Waals surface area contributed by atoms with Gasteiger partial charge in [0.25, 0.3) is 0 Å². The third kappa shape index (κ3) is 2.01. The molecule has 1 amide bonds. The summed E-state index contributed by atoms with van der Waals surface area (Å²) in [5.74, 6) is 0.743. The molecule has 4 nitrogen and oxygen atoms in total. The molecule has 0 saturated carbocycles. The Kier molecular flexibility index (Phi) is 2.90. The summed E-state index contributed by atoms with van der Waals surface area (Å²) in [6, 6.07) is 11.7. The fourth-order valence-electron chi connectivity index (χ4n) is 2.64. The highest BCUT2D eigenvalue weighted by Gasteiger charge is 2.24. The number of nitrogens with zero attached hydrogens (tertiary/aromatic N) is 2. The van der Waals surface area contributed by atoms with Gasteiger partial charge in [0, 0.05) is 14.5 Å². The minimum absolute atomic E-state index is 0.0545. The maximum atomic E-state index is 12.2. The summed E-state index contributed by atoms with van der Waals surface area (Å²) in [5.41, 5.74) is 3.52. The average molecular weight is 407 g/mol. The summed E-state index contributed by atoms with van der Waals surface area (Å²) in [7, 11) is 0. The van der Waals surface area contributed by atoms with E-state index in [4.69, 9.17) is 4.98 Å². The molecule has 0 spiro atoms. The van der Waals surface area contributed by atoms with Gasteiger partial charge in [0.05, 0.1) is 16.7 Å². The van der Waals surface area contributed by atoms with Crippen LogP contribution in [0.3, 0.4) is 0 Å². The van der Waals surface area contributed by atoms with E-state index in [1.165, 1.54) is 0 Å². The zero-order valence-corrected chi connectivity index (χ0v) is 13.9. The summed E-state index contributed by atoms with van der Waals surface area (Å²) >= 11 is 7.01. The fraction of sp³-hybridized carbons (Fsp3) is 0.0667. The van der Waals surface area contributed by atoms with Crippen molar-refractivity contribution >= 4 is 54.5 Å². The van der Waals surface area contributed by atoms with Gasteiger partial charge in [-0.25, -0.2) is 4.98 Å². The van der Waals surface area contributed by atoms with Crippen molar-refractivity contribution in [2.75, 3.05) is 5.32 Å². The highest BCUT2D eigenvalue weighted by atomic mass is 79.9. The number of imidazole rings is 1. The topological polar surface area (TPSA) is 46.9 Å². The minimum atomic E-state index is -0.0545. The highest BCUT2D eigenvalue weighted by molar-refractivity contribution is 9.11. The standard InChI is InChI=1S/C15H9Br2N3O/c16-8-5-9-14(10(17)6-8)19-13(21)7-20-12-4-2-1-3-11(12)18-15(9)20/h1-6H,7H2,(H,19,21). The lowest BCUT2D eigenvalue weighted by Gasteiger charge is -2.09. The molecule has 1 N–H and O–H groups in total. The molecule has 0 bridgehead atoms. The van der Waals surface area contributed by atoms with Crippen LogP contribution in [0.4, 0.5) is 5.69 Å². The van der Waals surface area contributed by atoms with Crippen molar-refractivity contribution in [3.63, 3.8) is 0 Å². The Morgan fingerprint density at radius 1 is 1.19 bits per heavy atom. The lowest BCUT2D eigenvalue weighted by atomic mass is 10.1. The van der Waals surface area contributed by atoms with Gasteiger partial charge in [0.1, 0.15) is 12.4 Å². The van der Waals surface area contributed by atoms with Crippen molar-refractivity contribution in [1.82, 2.24) is 9.55 Å². The molecule has 1 aliphatic heterocycles. The fourth-order valence-corrected chi connectivity index (χ4v) is 3.97. The van der Waals surface area contributed by atoms with Gasteiger partial charge in [-0.1, -0.05) is 28.1 Å². The number of anilines is 1. The van der Waals surface area contributed by atoms with Gasteiger partial charge in [-0.3, -0.25) is 4.79 Å². The van der Waals surface area contributed by atoms with Crippen molar-refractivity contribution in [1.29, 1.82) is 0 Å². The Balaban J connectivity index is 2.13. The molecule has 6 heteroatoms. The molecule has 0 aliphatic carbocycles. The lowest BCUT2D eigenvalue weighted by molar-refractivity contribution is -0.116. The molecule has 0 fully saturated rings. The van der Waals surface area contributed by atoms with Crippen LogP contribution in [0.15, 0.2) is 45.3 Å². The molecule has 104 valence electrons. The Bertz CT molecular complexity index is 901. The number of amides is 1. The molecule has 0 unspecified atom stereocenters. The van der Waals surface area contributed by atoms with Gasteiger partial charge < -0.3 is 9.88 Å². The molecule has 1 aromatic heterocycles. The van der Waals surface area contributed by atoms with Crippen molar-refractivity contribution in [3.8, 4) is 11.4 Å². The molecule has 0 radical (unpaired) electrons. The Hall–Kier alpha value is -1.66. The molecule has 1 aliphatic rings. The normalized spacial score (nSPS) is 13.5. The van der Waals surface area contributed by atoms with E-state index in [9.17, 15) is 4.79 Å². The predicted molar refractivity (Wildman–Crippen MR) is 89.2 cm³/mol. The van der Waals surface area contributed by atoms with Crippen molar-refractivity contribution in [2.45, 2.75) is 6.54 Å². The summed E-state index contributed by atoms with van der Waals surface area (Å²) < 4.78 is 3.72. The first kappa shape index (κ1) is 13.0. The summed E-state index contributed by atoms with van der Waals surface area (Å²) in [4.78, 5) is 16.9. The van der Waals surface area contributed by atoms with E-state index in [0.717, 1.165) is 37.1 Å². The molecule has 21 heavy (non-hydrogen) atoms. The van der Waals surface area contributed by atoms with E-state index in [2.05, 4.69) is 37.2 Å². The zero-order valence-electron chi connectivity index (χ0n) is 10.7. The Morgan fingerprint density at radius 2 is 2.00 bits per heavy atom. The number of para-hydroxylation sites is 2. The molecular weight excluding hydrogens is 398 g/mol. The molecule has 0 saturated heterocycles.